The molecule has 0 amide bonds. The normalized spacial score (nSPS) is 27.2. The molecule has 0 radical (unpaired) electrons. The van der Waals surface area contributed by atoms with E-state index in [1.807, 2.05) is 19.1 Å². The summed E-state index contributed by atoms with van der Waals surface area (Å²) in [6, 6.07) is 1.28. The fourth-order valence-corrected chi connectivity index (χ4v) is 2.23. The highest BCUT2D eigenvalue weighted by Crippen LogP contribution is 2.36. The minimum atomic E-state index is -0.726. The number of ether oxygens (including phenoxy) is 1. The van der Waals surface area contributed by atoms with Gasteiger partial charge in [0.05, 0.1) is 6.61 Å². The van der Waals surface area contributed by atoms with Crippen molar-refractivity contribution in [2.24, 2.45) is 0 Å². The van der Waals surface area contributed by atoms with Crippen LogP contribution in [-0.2, 0) is 4.74 Å². The van der Waals surface area contributed by atoms with Crippen LogP contribution in [0, 0.1) is 0 Å². The number of aliphatic hydroxyl groups excluding tert-OH is 1. The number of nitrogens with zero attached hydrogens (tertiary/aromatic N) is 1. The molecule has 19 heavy (non-hydrogen) atoms. The zero-order valence-corrected chi connectivity index (χ0v) is 10.8. The minimum Gasteiger partial charge on any atom is -0.393 e. The number of H-pyrrole nitrogens is 1. The molecular formula is C13H18N2O4. The highest BCUT2D eigenvalue weighted by atomic mass is 16.5. The number of hydrogen-bond acceptors (Lipinski definition) is 4. The van der Waals surface area contributed by atoms with Crippen molar-refractivity contribution in [2.75, 3.05) is 6.61 Å². The number of rotatable bonds is 4. The van der Waals surface area contributed by atoms with Crippen LogP contribution in [0.25, 0.3) is 0 Å². The fourth-order valence-electron chi connectivity index (χ4n) is 2.23. The van der Waals surface area contributed by atoms with E-state index in [9.17, 15) is 14.7 Å². The molecule has 6 heteroatoms. The van der Waals surface area contributed by atoms with Crippen molar-refractivity contribution in [1.82, 2.24) is 9.55 Å². The van der Waals surface area contributed by atoms with Crippen molar-refractivity contribution in [3.63, 3.8) is 0 Å². The Hall–Kier alpha value is -1.66. The molecule has 0 saturated carbocycles. The third-order valence-corrected chi connectivity index (χ3v) is 3.27. The van der Waals surface area contributed by atoms with E-state index >= 15 is 0 Å². The summed E-state index contributed by atoms with van der Waals surface area (Å²) in [5.41, 5.74) is -1.65. The smallest absolute Gasteiger partial charge is 0.330 e. The third-order valence-electron chi connectivity index (χ3n) is 3.27. The number of allylic oxidation sites excluding steroid dienone is 1. The summed E-state index contributed by atoms with van der Waals surface area (Å²) >= 11 is 0. The standard InChI is InChI=1S/C13H18N2O4/c1-2-3-6-13(9-16)7-4-11(19-13)15-8-5-10(17)14-12(15)18/h3,5-6,8,11,16H,2,4,7,9H2,1H3,(H,14,17,18)/b6-3+/t11?,13-/m0/s1. The van der Waals surface area contributed by atoms with Crippen molar-refractivity contribution in [3.05, 3.63) is 45.3 Å². The molecule has 0 aliphatic carbocycles. The Balaban J connectivity index is 2.23. The summed E-state index contributed by atoms with van der Waals surface area (Å²) in [6.07, 6.45) is 6.85. The second kappa shape index (κ2) is 5.54. The van der Waals surface area contributed by atoms with Gasteiger partial charge in [-0.1, -0.05) is 19.1 Å². The van der Waals surface area contributed by atoms with Gasteiger partial charge in [-0.15, -0.1) is 0 Å². The zero-order chi connectivity index (χ0) is 13.9. The lowest BCUT2D eigenvalue weighted by atomic mass is 10.0. The van der Waals surface area contributed by atoms with E-state index in [-0.39, 0.29) is 6.61 Å². The van der Waals surface area contributed by atoms with Crippen LogP contribution >= 0.6 is 0 Å². The van der Waals surface area contributed by atoms with Crippen molar-refractivity contribution in [1.29, 1.82) is 0 Å². The first-order valence-electron chi connectivity index (χ1n) is 6.38. The lowest BCUT2D eigenvalue weighted by Crippen LogP contribution is -2.34. The maximum Gasteiger partial charge on any atom is 0.330 e. The summed E-state index contributed by atoms with van der Waals surface area (Å²) in [5, 5.41) is 9.50. The Morgan fingerprint density at radius 1 is 1.63 bits per heavy atom. The molecule has 0 spiro atoms. The van der Waals surface area contributed by atoms with Crippen molar-refractivity contribution >= 4 is 0 Å². The van der Waals surface area contributed by atoms with E-state index in [0.29, 0.717) is 12.8 Å². The first-order chi connectivity index (χ1) is 9.10. The molecule has 2 heterocycles. The van der Waals surface area contributed by atoms with Gasteiger partial charge in [0.25, 0.3) is 5.56 Å². The largest absolute Gasteiger partial charge is 0.393 e. The lowest BCUT2D eigenvalue weighted by Gasteiger charge is -2.24. The number of aliphatic hydroxyl groups is 1. The van der Waals surface area contributed by atoms with Crippen molar-refractivity contribution in [3.8, 4) is 0 Å². The van der Waals surface area contributed by atoms with Gasteiger partial charge in [-0.2, -0.15) is 0 Å². The van der Waals surface area contributed by atoms with Crippen LogP contribution in [-0.4, -0.2) is 26.9 Å². The SMILES string of the molecule is CC/C=C/[C@@]1(CO)CCC(n2ccc(=O)[nH]c2=O)O1. The molecule has 2 N–H and O–H groups in total. The second-order valence-electron chi connectivity index (χ2n) is 4.66. The molecule has 2 atom stereocenters. The van der Waals surface area contributed by atoms with Gasteiger partial charge >= 0.3 is 5.69 Å². The Kier molecular flexibility index (Phi) is 4.01. The highest BCUT2D eigenvalue weighted by Gasteiger charge is 2.38. The number of hydrogen-bond donors (Lipinski definition) is 2. The van der Waals surface area contributed by atoms with E-state index in [1.165, 1.54) is 16.8 Å². The predicted molar refractivity (Wildman–Crippen MR) is 69.9 cm³/mol. The summed E-state index contributed by atoms with van der Waals surface area (Å²) in [5.74, 6) is 0. The average molecular weight is 266 g/mol. The molecular weight excluding hydrogens is 248 g/mol. The van der Waals surface area contributed by atoms with Gasteiger partial charge in [0.2, 0.25) is 0 Å². The van der Waals surface area contributed by atoms with Crippen LogP contribution in [0.15, 0.2) is 34.0 Å². The first-order valence-corrected chi connectivity index (χ1v) is 6.38. The van der Waals surface area contributed by atoms with Crippen molar-refractivity contribution < 1.29 is 9.84 Å². The van der Waals surface area contributed by atoms with Crippen LogP contribution < -0.4 is 11.2 Å². The van der Waals surface area contributed by atoms with Crippen LogP contribution in [0.4, 0.5) is 0 Å². The molecule has 1 aromatic heterocycles. The molecule has 1 saturated heterocycles. The monoisotopic (exact) mass is 266 g/mol. The molecule has 0 bridgehead atoms. The Labute approximate surface area is 110 Å². The molecule has 1 aromatic rings. The number of aromatic nitrogens is 2. The Bertz CT molecular complexity index is 574. The van der Waals surface area contributed by atoms with Crippen LogP contribution in [0.5, 0.6) is 0 Å². The summed E-state index contributed by atoms with van der Waals surface area (Å²) in [4.78, 5) is 24.9. The van der Waals surface area contributed by atoms with Gasteiger partial charge in [-0.25, -0.2) is 4.79 Å². The first kappa shape index (κ1) is 13.8. The van der Waals surface area contributed by atoms with E-state index < -0.39 is 23.1 Å². The summed E-state index contributed by atoms with van der Waals surface area (Å²) < 4.78 is 7.16. The van der Waals surface area contributed by atoms with E-state index in [4.69, 9.17) is 4.74 Å². The highest BCUT2D eigenvalue weighted by molar-refractivity contribution is 5.05. The van der Waals surface area contributed by atoms with Crippen LogP contribution in [0.1, 0.15) is 32.4 Å². The van der Waals surface area contributed by atoms with Crippen LogP contribution in [0.2, 0.25) is 0 Å². The zero-order valence-electron chi connectivity index (χ0n) is 10.8. The van der Waals surface area contributed by atoms with Gasteiger partial charge in [-0.05, 0) is 19.3 Å². The summed E-state index contributed by atoms with van der Waals surface area (Å²) in [7, 11) is 0. The lowest BCUT2D eigenvalue weighted by molar-refractivity contribution is -0.0708. The Morgan fingerprint density at radius 3 is 3.05 bits per heavy atom. The maximum absolute atomic E-state index is 11.7. The number of nitrogens with one attached hydrogen (secondary N) is 1. The Morgan fingerprint density at radius 2 is 2.42 bits per heavy atom. The minimum absolute atomic E-state index is 0.127. The molecule has 6 nitrogen and oxygen atoms in total. The maximum atomic E-state index is 11.7. The average Bonchev–Trinajstić information content (AvgIpc) is 2.81. The van der Waals surface area contributed by atoms with Gasteiger partial charge < -0.3 is 9.84 Å². The topological polar surface area (TPSA) is 84.3 Å². The fraction of sp³-hybridized carbons (Fsp3) is 0.538. The third kappa shape index (κ3) is 2.85. The molecule has 1 aliphatic heterocycles. The van der Waals surface area contributed by atoms with E-state index in [0.717, 1.165) is 6.42 Å². The molecule has 1 unspecified atom stereocenters. The molecule has 104 valence electrons. The van der Waals surface area contributed by atoms with E-state index in [1.54, 1.807) is 0 Å². The predicted octanol–water partition coefficient (Wildman–Crippen LogP) is 0.543. The van der Waals surface area contributed by atoms with Crippen molar-refractivity contribution in [2.45, 2.75) is 38.0 Å². The molecule has 1 fully saturated rings. The van der Waals surface area contributed by atoms with Gasteiger partial charge in [0, 0.05) is 12.3 Å². The molecule has 1 aliphatic rings. The quantitative estimate of drug-likeness (QED) is 0.779. The second-order valence-corrected chi connectivity index (χ2v) is 4.66. The summed E-state index contributed by atoms with van der Waals surface area (Å²) in [6.45, 7) is 1.87. The molecule has 2 rings (SSSR count). The van der Waals surface area contributed by atoms with Gasteiger partial charge in [-0.3, -0.25) is 14.3 Å². The van der Waals surface area contributed by atoms with Gasteiger partial charge in [0.1, 0.15) is 11.8 Å². The van der Waals surface area contributed by atoms with Gasteiger partial charge in [0.15, 0.2) is 0 Å². The number of aromatic amines is 1. The van der Waals surface area contributed by atoms with E-state index in [2.05, 4.69) is 4.98 Å². The van der Waals surface area contributed by atoms with Crippen LogP contribution in [0.3, 0.4) is 0 Å². The molecule has 0 aromatic carbocycles.